The van der Waals surface area contributed by atoms with Crippen molar-refractivity contribution in [1.29, 1.82) is 0 Å². The lowest BCUT2D eigenvalue weighted by Crippen LogP contribution is -1.90. The molecule has 0 amide bonds. The quantitative estimate of drug-likeness (QED) is 0.623. The van der Waals surface area contributed by atoms with Crippen LogP contribution in [0.4, 0.5) is 0 Å². The lowest BCUT2D eigenvalue weighted by Gasteiger charge is -1.72. The molecule has 0 bridgehead atoms. The molecule has 12 heavy (non-hydrogen) atoms. The van der Waals surface area contributed by atoms with E-state index >= 15 is 0 Å². The first kappa shape index (κ1) is 8.74. The molecule has 0 aromatic carbocycles. The minimum Gasteiger partial charge on any atom is -0.431 e. The second-order valence-electron chi connectivity index (χ2n) is 1.92. The average Bonchev–Trinajstić information content (AvgIpc) is 2.62. The molecule has 0 unspecified atom stereocenters. The zero-order chi connectivity index (χ0) is 8.65. The molecular formula is C9H8O2S. The van der Waals surface area contributed by atoms with Crippen LogP contribution in [0.3, 0.4) is 0 Å². The molecule has 0 aliphatic rings. The highest BCUT2D eigenvalue weighted by molar-refractivity contribution is 7.07. The van der Waals surface area contributed by atoms with Gasteiger partial charge in [0.15, 0.2) is 0 Å². The normalized spacial score (nSPS) is 8.33. The van der Waals surface area contributed by atoms with E-state index < -0.39 is 0 Å². The zero-order valence-corrected chi connectivity index (χ0v) is 7.16. The van der Waals surface area contributed by atoms with Gasteiger partial charge in [0.25, 0.3) is 0 Å². The predicted octanol–water partition coefficient (Wildman–Crippen LogP) is 2.39. The van der Waals surface area contributed by atoms with Crippen LogP contribution in [0, 0.1) is 0 Å². The summed E-state index contributed by atoms with van der Waals surface area (Å²) < 4.78 is 4.37. The lowest BCUT2D eigenvalue weighted by atomic mass is 10.5. The van der Waals surface area contributed by atoms with Gasteiger partial charge in [0.2, 0.25) is 0 Å². The fraction of sp³-hybridized carbons (Fsp3) is 0. The van der Waals surface area contributed by atoms with Gasteiger partial charge in [-0.3, -0.25) is 0 Å². The molecule has 0 aliphatic heterocycles. The highest BCUT2D eigenvalue weighted by atomic mass is 32.1. The standard InChI is InChI=1S/C5H4O2.C4H4S/c6-5-3-1-2-4-7-5;1-2-4-5-3-1/h1-4H;1-4H. The molecule has 2 nitrogen and oxygen atoms in total. The van der Waals surface area contributed by atoms with Gasteiger partial charge in [0, 0.05) is 6.07 Å². The van der Waals surface area contributed by atoms with E-state index in [-0.39, 0.29) is 5.63 Å². The van der Waals surface area contributed by atoms with Crippen LogP contribution >= 0.6 is 11.3 Å². The summed E-state index contributed by atoms with van der Waals surface area (Å²) in [6, 6.07) is 8.68. The van der Waals surface area contributed by atoms with Crippen LogP contribution in [-0.2, 0) is 0 Å². The summed E-state index contributed by atoms with van der Waals surface area (Å²) in [6.45, 7) is 0. The highest BCUT2D eigenvalue weighted by Crippen LogP contribution is 1.91. The second-order valence-corrected chi connectivity index (χ2v) is 2.73. The monoisotopic (exact) mass is 180 g/mol. The van der Waals surface area contributed by atoms with Crippen LogP contribution in [0.15, 0.2) is 56.6 Å². The maximum Gasteiger partial charge on any atom is 0.335 e. The Bertz CT molecular complexity index is 303. The Kier molecular flexibility index (Phi) is 3.88. The molecule has 3 heteroatoms. The first-order valence-electron chi connectivity index (χ1n) is 3.40. The van der Waals surface area contributed by atoms with Crippen molar-refractivity contribution >= 4 is 11.3 Å². The van der Waals surface area contributed by atoms with Crippen molar-refractivity contribution in [3.05, 3.63) is 57.8 Å². The van der Waals surface area contributed by atoms with Crippen molar-refractivity contribution < 1.29 is 4.42 Å². The van der Waals surface area contributed by atoms with Gasteiger partial charge in [0.05, 0.1) is 6.26 Å². The van der Waals surface area contributed by atoms with Crippen molar-refractivity contribution in [2.75, 3.05) is 0 Å². The van der Waals surface area contributed by atoms with E-state index in [2.05, 4.69) is 4.42 Å². The first-order chi connectivity index (χ1) is 5.89. The SMILES string of the molecule is O=c1cccco1.c1ccsc1. The zero-order valence-electron chi connectivity index (χ0n) is 6.34. The van der Waals surface area contributed by atoms with Gasteiger partial charge in [-0.05, 0) is 16.8 Å². The molecule has 0 saturated heterocycles. The van der Waals surface area contributed by atoms with Gasteiger partial charge in [-0.25, -0.2) is 4.79 Å². The van der Waals surface area contributed by atoms with E-state index in [1.807, 2.05) is 22.9 Å². The Morgan fingerprint density at radius 1 is 1.08 bits per heavy atom. The predicted molar refractivity (Wildman–Crippen MR) is 49.3 cm³/mol. The van der Waals surface area contributed by atoms with Crippen molar-refractivity contribution in [2.45, 2.75) is 0 Å². The number of rotatable bonds is 0. The Hall–Kier alpha value is -1.35. The molecular weight excluding hydrogens is 172 g/mol. The lowest BCUT2D eigenvalue weighted by molar-refractivity contribution is 0.511. The summed E-state index contributed by atoms with van der Waals surface area (Å²) in [7, 11) is 0. The summed E-state index contributed by atoms with van der Waals surface area (Å²) in [5.74, 6) is 0. The largest absolute Gasteiger partial charge is 0.431 e. The Morgan fingerprint density at radius 2 is 1.83 bits per heavy atom. The molecule has 2 aromatic heterocycles. The fourth-order valence-corrected chi connectivity index (χ4v) is 1.01. The van der Waals surface area contributed by atoms with Gasteiger partial charge in [-0.2, -0.15) is 11.3 Å². The van der Waals surface area contributed by atoms with E-state index in [4.69, 9.17) is 0 Å². The Labute approximate surface area is 74.1 Å². The Balaban J connectivity index is 0.000000127. The first-order valence-corrected chi connectivity index (χ1v) is 4.35. The maximum absolute atomic E-state index is 10.1. The summed E-state index contributed by atoms with van der Waals surface area (Å²) in [6.07, 6.45) is 1.35. The molecule has 0 radical (unpaired) electrons. The van der Waals surface area contributed by atoms with Crippen LogP contribution < -0.4 is 5.63 Å². The molecule has 2 rings (SSSR count). The van der Waals surface area contributed by atoms with Gasteiger partial charge in [-0.1, -0.05) is 18.2 Å². The topological polar surface area (TPSA) is 30.2 Å². The summed E-state index contributed by atoms with van der Waals surface area (Å²) in [5, 5.41) is 4.08. The van der Waals surface area contributed by atoms with E-state index in [1.165, 1.54) is 12.3 Å². The van der Waals surface area contributed by atoms with Crippen LogP contribution in [0.5, 0.6) is 0 Å². The van der Waals surface area contributed by atoms with Crippen LogP contribution in [0.2, 0.25) is 0 Å². The molecule has 2 aromatic rings. The molecule has 0 spiro atoms. The van der Waals surface area contributed by atoms with Crippen molar-refractivity contribution in [1.82, 2.24) is 0 Å². The summed E-state index contributed by atoms with van der Waals surface area (Å²) in [4.78, 5) is 10.1. The van der Waals surface area contributed by atoms with Crippen LogP contribution in [0.25, 0.3) is 0 Å². The Morgan fingerprint density at radius 3 is 2.08 bits per heavy atom. The van der Waals surface area contributed by atoms with E-state index in [0.29, 0.717) is 0 Å². The molecule has 62 valence electrons. The molecule has 0 saturated carbocycles. The molecule has 0 aliphatic carbocycles. The summed E-state index contributed by atoms with van der Waals surface area (Å²) in [5.41, 5.74) is -0.303. The highest BCUT2D eigenvalue weighted by Gasteiger charge is 1.72. The van der Waals surface area contributed by atoms with Crippen LogP contribution in [-0.4, -0.2) is 0 Å². The summed E-state index contributed by atoms with van der Waals surface area (Å²) >= 11 is 1.71. The number of thiophene rings is 1. The van der Waals surface area contributed by atoms with Crippen molar-refractivity contribution in [2.24, 2.45) is 0 Å². The molecule has 0 N–H and O–H groups in total. The average molecular weight is 180 g/mol. The number of hydrogen-bond donors (Lipinski definition) is 0. The van der Waals surface area contributed by atoms with Gasteiger partial charge in [0.1, 0.15) is 0 Å². The van der Waals surface area contributed by atoms with Crippen LogP contribution in [0.1, 0.15) is 0 Å². The van der Waals surface area contributed by atoms with E-state index in [0.717, 1.165) is 0 Å². The molecule has 2 heterocycles. The van der Waals surface area contributed by atoms with E-state index in [1.54, 1.807) is 23.5 Å². The van der Waals surface area contributed by atoms with Gasteiger partial charge in [-0.15, -0.1) is 0 Å². The third-order valence-corrected chi connectivity index (χ3v) is 1.66. The van der Waals surface area contributed by atoms with Crippen molar-refractivity contribution in [3.63, 3.8) is 0 Å². The number of hydrogen-bond acceptors (Lipinski definition) is 3. The molecule has 0 fully saturated rings. The van der Waals surface area contributed by atoms with Gasteiger partial charge < -0.3 is 4.42 Å². The minimum absolute atomic E-state index is 0.303. The van der Waals surface area contributed by atoms with E-state index in [9.17, 15) is 4.79 Å². The third kappa shape index (κ3) is 3.73. The van der Waals surface area contributed by atoms with Gasteiger partial charge >= 0.3 is 5.63 Å². The minimum atomic E-state index is -0.303. The maximum atomic E-state index is 10.1. The smallest absolute Gasteiger partial charge is 0.335 e. The van der Waals surface area contributed by atoms with Crippen molar-refractivity contribution in [3.8, 4) is 0 Å². The molecule has 0 atom stereocenters. The fourth-order valence-electron chi connectivity index (χ4n) is 0.552. The third-order valence-electron chi connectivity index (χ3n) is 1.03. The second kappa shape index (κ2) is 5.32.